The largest absolute Gasteiger partial charge is 0.433 e. The van der Waals surface area contributed by atoms with Gasteiger partial charge in [-0.05, 0) is 24.1 Å². The van der Waals surface area contributed by atoms with Crippen LogP contribution >= 0.6 is 0 Å². The number of hydrogen-bond donors (Lipinski definition) is 1. The van der Waals surface area contributed by atoms with Gasteiger partial charge in [0, 0.05) is 11.8 Å². The summed E-state index contributed by atoms with van der Waals surface area (Å²) >= 11 is 0. The zero-order valence-corrected chi connectivity index (χ0v) is 13.2. The van der Waals surface area contributed by atoms with Crippen LogP contribution in [0.4, 0.5) is 26.3 Å². The summed E-state index contributed by atoms with van der Waals surface area (Å²) in [6.45, 7) is 1.64. The number of hydrogen-bond acceptors (Lipinski definition) is 2. The summed E-state index contributed by atoms with van der Waals surface area (Å²) in [5.41, 5.74) is -2.97. The molecule has 0 aliphatic carbocycles. The lowest BCUT2D eigenvalue weighted by Gasteiger charge is -2.12. The molecule has 0 bridgehead atoms. The summed E-state index contributed by atoms with van der Waals surface area (Å²) in [6, 6.07) is 10.2. The van der Waals surface area contributed by atoms with Gasteiger partial charge in [-0.3, -0.25) is 10.1 Å². The number of nitrogens with one attached hydrogen (secondary N) is 1. The Bertz CT molecular complexity index is 926. The number of H-pyrrole nitrogens is 1. The normalized spacial score (nSPS) is 12.4. The highest BCUT2D eigenvalue weighted by Crippen LogP contribution is 2.43. The van der Waals surface area contributed by atoms with E-state index in [1.54, 1.807) is 37.3 Å². The fraction of sp³-hybridized carbons (Fsp3) is 0.176. The number of aryl methyl sites for hydroxylation is 1. The van der Waals surface area contributed by atoms with Crippen molar-refractivity contribution in [2.75, 3.05) is 0 Å². The number of aromatic amines is 1. The summed E-state index contributed by atoms with van der Waals surface area (Å²) in [6.07, 6.45) is -9.13. The molecule has 0 amide bonds. The molecule has 26 heavy (non-hydrogen) atoms. The van der Waals surface area contributed by atoms with Crippen LogP contribution in [0.5, 0.6) is 0 Å². The molecule has 0 unspecified atom stereocenters. The maximum absolute atomic E-state index is 13.2. The Kier molecular flexibility index (Phi) is 4.25. The zero-order chi connectivity index (χ0) is 19.1. The summed E-state index contributed by atoms with van der Waals surface area (Å²) in [7, 11) is 0. The summed E-state index contributed by atoms with van der Waals surface area (Å²) < 4.78 is 78.3. The molecule has 0 saturated carbocycles. The molecule has 3 aromatic rings. The van der Waals surface area contributed by atoms with Crippen molar-refractivity contribution in [2.24, 2.45) is 0 Å². The summed E-state index contributed by atoms with van der Waals surface area (Å²) in [5, 5.41) is 4.69. The van der Waals surface area contributed by atoms with Crippen LogP contribution in [0.15, 0.2) is 42.6 Å². The Morgan fingerprint density at radius 1 is 0.923 bits per heavy atom. The van der Waals surface area contributed by atoms with Gasteiger partial charge in [0.25, 0.3) is 0 Å². The molecule has 3 nitrogen and oxygen atoms in total. The van der Waals surface area contributed by atoms with E-state index in [-0.39, 0.29) is 5.69 Å². The quantitative estimate of drug-likeness (QED) is 0.606. The Balaban J connectivity index is 2.14. The van der Waals surface area contributed by atoms with Crippen molar-refractivity contribution in [1.82, 2.24) is 15.2 Å². The van der Waals surface area contributed by atoms with Crippen LogP contribution in [0, 0.1) is 6.92 Å². The lowest BCUT2D eigenvalue weighted by molar-refractivity contribution is -0.163. The van der Waals surface area contributed by atoms with Gasteiger partial charge in [0.1, 0.15) is 11.3 Å². The predicted octanol–water partition coefficient (Wildman–Crippen LogP) is 5.48. The van der Waals surface area contributed by atoms with Crippen LogP contribution < -0.4 is 0 Å². The third-order valence-corrected chi connectivity index (χ3v) is 3.77. The number of rotatable bonds is 2. The van der Waals surface area contributed by atoms with Crippen LogP contribution in [0.25, 0.3) is 22.5 Å². The van der Waals surface area contributed by atoms with Crippen molar-refractivity contribution >= 4 is 0 Å². The minimum Gasteiger partial charge on any atom is -0.272 e. The van der Waals surface area contributed by atoms with E-state index < -0.39 is 29.3 Å². The highest BCUT2D eigenvalue weighted by atomic mass is 19.4. The molecular formula is C17H11F6N3. The minimum atomic E-state index is -5.24. The molecule has 1 aromatic carbocycles. The average Bonchev–Trinajstić information content (AvgIpc) is 3.01. The molecule has 0 saturated heterocycles. The van der Waals surface area contributed by atoms with E-state index in [4.69, 9.17) is 0 Å². The molecule has 3 rings (SSSR count). The van der Waals surface area contributed by atoms with Crippen molar-refractivity contribution < 1.29 is 26.3 Å². The Morgan fingerprint density at radius 3 is 2.12 bits per heavy atom. The fourth-order valence-corrected chi connectivity index (χ4v) is 2.61. The number of nitrogens with zero attached hydrogens (tertiary/aromatic N) is 2. The molecule has 0 fully saturated rings. The van der Waals surface area contributed by atoms with Crippen molar-refractivity contribution in [2.45, 2.75) is 19.3 Å². The number of pyridine rings is 1. The number of aromatic nitrogens is 3. The molecule has 2 aromatic heterocycles. The van der Waals surface area contributed by atoms with Crippen molar-refractivity contribution in [3.63, 3.8) is 0 Å². The van der Waals surface area contributed by atoms with Crippen molar-refractivity contribution in [1.29, 1.82) is 0 Å². The SMILES string of the molecule is Cc1cc(-c2n[nH]c(C(F)(F)F)c2C(F)(F)F)ncc1-c1ccccc1. The highest BCUT2D eigenvalue weighted by Gasteiger charge is 2.48. The van der Waals surface area contributed by atoms with E-state index in [9.17, 15) is 26.3 Å². The van der Waals surface area contributed by atoms with Gasteiger partial charge in [-0.1, -0.05) is 30.3 Å². The van der Waals surface area contributed by atoms with Crippen LogP contribution in [0.1, 0.15) is 16.8 Å². The van der Waals surface area contributed by atoms with Crippen molar-refractivity contribution in [3.05, 3.63) is 59.4 Å². The third kappa shape index (κ3) is 3.29. The first-order chi connectivity index (χ1) is 12.1. The fourth-order valence-electron chi connectivity index (χ4n) is 2.61. The number of benzene rings is 1. The van der Waals surface area contributed by atoms with Gasteiger partial charge in [-0.2, -0.15) is 31.4 Å². The minimum absolute atomic E-state index is 0.291. The zero-order valence-electron chi connectivity index (χ0n) is 13.2. The van der Waals surface area contributed by atoms with Gasteiger partial charge >= 0.3 is 12.4 Å². The van der Waals surface area contributed by atoms with Gasteiger partial charge in [-0.15, -0.1) is 0 Å². The number of halogens is 6. The van der Waals surface area contributed by atoms with Crippen LogP contribution in [0.3, 0.4) is 0 Å². The Labute approximate surface area is 143 Å². The molecule has 2 heterocycles. The number of alkyl halides is 6. The first kappa shape index (κ1) is 18.0. The standard InChI is InChI=1S/C17H11F6N3/c1-9-7-12(24-8-11(9)10-5-3-2-4-6-10)14-13(16(18,19)20)15(26-25-14)17(21,22)23/h2-8H,1H3,(H,25,26). The molecule has 0 atom stereocenters. The maximum atomic E-state index is 13.2. The topological polar surface area (TPSA) is 41.6 Å². The smallest absolute Gasteiger partial charge is 0.272 e. The molecule has 1 N–H and O–H groups in total. The lowest BCUT2D eigenvalue weighted by atomic mass is 10.0. The molecule has 0 radical (unpaired) electrons. The molecule has 0 spiro atoms. The summed E-state index contributed by atoms with van der Waals surface area (Å²) in [4.78, 5) is 3.91. The van der Waals surface area contributed by atoms with Gasteiger partial charge in [0.05, 0.1) is 5.69 Å². The second-order valence-electron chi connectivity index (χ2n) is 5.57. The van der Waals surface area contributed by atoms with Gasteiger partial charge in [0.2, 0.25) is 0 Å². The first-order valence-corrected chi connectivity index (χ1v) is 7.34. The third-order valence-electron chi connectivity index (χ3n) is 3.77. The summed E-state index contributed by atoms with van der Waals surface area (Å²) in [5.74, 6) is 0. The Hall–Kier alpha value is -2.84. The molecule has 0 aliphatic rings. The average molecular weight is 371 g/mol. The molecule has 0 aliphatic heterocycles. The predicted molar refractivity (Wildman–Crippen MR) is 82.0 cm³/mol. The highest BCUT2D eigenvalue weighted by molar-refractivity contribution is 5.70. The van der Waals surface area contributed by atoms with E-state index >= 15 is 0 Å². The molecule has 136 valence electrons. The van der Waals surface area contributed by atoms with E-state index in [0.717, 1.165) is 5.56 Å². The Morgan fingerprint density at radius 2 is 1.58 bits per heavy atom. The second kappa shape index (κ2) is 6.15. The van der Waals surface area contributed by atoms with E-state index in [2.05, 4.69) is 10.1 Å². The van der Waals surface area contributed by atoms with Crippen LogP contribution in [0.2, 0.25) is 0 Å². The molecule has 9 heteroatoms. The van der Waals surface area contributed by atoms with E-state index in [1.165, 1.54) is 17.4 Å². The maximum Gasteiger partial charge on any atom is 0.433 e. The second-order valence-corrected chi connectivity index (χ2v) is 5.57. The van der Waals surface area contributed by atoms with E-state index in [0.29, 0.717) is 11.1 Å². The van der Waals surface area contributed by atoms with Gasteiger partial charge < -0.3 is 0 Å². The molecular weight excluding hydrogens is 360 g/mol. The monoisotopic (exact) mass is 371 g/mol. The van der Waals surface area contributed by atoms with Crippen molar-refractivity contribution in [3.8, 4) is 22.5 Å². The first-order valence-electron chi connectivity index (χ1n) is 7.34. The van der Waals surface area contributed by atoms with Gasteiger partial charge in [-0.25, -0.2) is 0 Å². The van der Waals surface area contributed by atoms with Crippen LogP contribution in [-0.2, 0) is 12.4 Å². The lowest BCUT2D eigenvalue weighted by Crippen LogP contribution is -2.16. The van der Waals surface area contributed by atoms with E-state index in [1.807, 2.05) is 0 Å². The van der Waals surface area contributed by atoms with Crippen LogP contribution in [-0.4, -0.2) is 15.2 Å². The van der Waals surface area contributed by atoms with Gasteiger partial charge in [0.15, 0.2) is 5.69 Å².